The predicted octanol–water partition coefficient (Wildman–Crippen LogP) is 1.83. The highest BCUT2D eigenvalue weighted by Crippen LogP contribution is 2.49. The first-order chi connectivity index (χ1) is 8.95. The van der Waals surface area contributed by atoms with Gasteiger partial charge < -0.3 is 4.89 Å². The second-order valence-corrected chi connectivity index (χ2v) is 5.43. The summed E-state index contributed by atoms with van der Waals surface area (Å²) in [4.78, 5) is 20.8. The molecule has 100 valence electrons. The van der Waals surface area contributed by atoms with Crippen molar-refractivity contribution in [2.24, 2.45) is 17.8 Å². The van der Waals surface area contributed by atoms with Gasteiger partial charge in [-0.2, -0.15) is 14.7 Å². The van der Waals surface area contributed by atoms with Crippen molar-refractivity contribution in [1.29, 1.82) is 0 Å². The lowest BCUT2D eigenvalue weighted by Crippen LogP contribution is -2.60. The molecule has 0 spiro atoms. The van der Waals surface area contributed by atoms with Crippen LogP contribution in [0.3, 0.4) is 0 Å². The summed E-state index contributed by atoms with van der Waals surface area (Å²) in [6.45, 7) is 0. The quantitative estimate of drug-likeness (QED) is 0.616. The first kappa shape index (κ1) is 11.2. The van der Waals surface area contributed by atoms with Crippen LogP contribution in [0.2, 0.25) is 0 Å². The van der Waals surface area contributed by atoms with Gasteiger partial charge in [-0.05, 0) is 40.8 Å². The van der Waals surface area contributed by atoms with Crippen LogP contribution in [-0.2, 0) is 29.6 Å². The van der Waals surface area contributed by atoms with E-state index in [0.717, 1.165) is 6.42 Å². The molecule has 4 rings (SSSR count). The summed E-state index contributed by atoms with van der Waals surface area (Å²) in [6.07, 6.45) is 7.88. The molecule has 0 aromatic heterocycles. The molecule has 6 atom stereocenters. The molecule has 4 aliphatic rings. The van der Waals surface area contributed by atoms with E-state index in [0.29, 0.717) is 17.8 Å². The fourth-order valence-corrected chi connectivity index (χ4v) is 3.92. The Bertz CT molecular complexity index is 345. The number of fused-ring (bicyclic) bond motifs is 6. The molecule has 18 heavy (non-hydrogen) atoms. The molecule has 6 nitrogen and oxygen atoms in total. The van der Waals surface area contributed by atoms with E-state index in [-0.39, 0.29) is 18.3 Å². The molecule has 6 unspecified atom stereocenters. The summed E-state index contributed by atoms with van der Waals surface area (Å²) in [6, 6.07) is 0. The van der Waals surface area contributed by atoms with Gasteiger partial charge in [0.15, 0.2) is 6.10 Å². The van der Waals surface area contributed by atoms with Gasteiger partial charge in [0.05, 0.1) is 0 Å². The highest BCUT2D eigenvalue weighted by molar-refractivity contribution is 5.07. The Hall–Kier alpha value is -0.660. The highest BCUT2D eigenvalue weighted by Gasteiger charge is 2.56. The zero-order valence-electron chi connectivity index (χ0n) is 9.90. The van der Waals surface area contributed by atoms with Crippen molar-refractivity contribution in [1.82, 2.24) is 0 Å². The molecular weight excluding hydrogens is 240 g/mol. The van der Waals surface area contributed by atoms with Crippen LogP contribution in [0.25, 0.3) is 0 Å². The minimum absolute atomic E-state index is 0.139. The molecule has 2 saturated carbocycles. The summed E-state index contributed by atoms with van der Waals surface area (Å²) < 4.78 is 0. The van der Waals surface area contributed by atoms with Gasteiger partial charge in [0, 0.05) is 5.92 Å². The third-order valence-corrected chi connectivity index (χ3v) is 4.67. The molecule has 0 bridgehead atoms. The molecule has 0 N–H and O–H groups in total. The van der Waals surface area contributed by atoms with E-state index in [4.69, 9.17) is 19.6 Å². The van der Waals surface area contributed by atoms with Crippen LogP contribution in [0.5, 0.6) is 0 Å². The van der Waals surface area contributed by atoms with Crippen molar-refractivity contribution in [3.8, 4) is 0 Å². The molecule has 2 aliphatic carbocycles. The molecule has 0 aromatic carbocycles. The second-order valence-electron chi connectivity index (χ2n) is 5.43. The largest absolute Gasteiger partial charge is 0.345 e. The van der Waals surface area contributed by atoms with Gasteiger partial charge in [-0.15, -0.1) is 0 Å². The lowest BCUT2D eigenvalue weighted by Gasteiger charge is -2.51. The highest BCUT2D eigenvalue weighted by atomic mass is 17.7. The van der Waals surface area contributed by atoms with Crippen molar-refractivity contribution in [3.63, 3.8) is 0 Å². The lowest BCUT2D eigenvalue weighted by atomic mass is 9.62. The zero-order valence-corrected chi connectivity index (χ0v) is 9.90. The van der Waals surface area contributed by atoms with E-state index in [1.807, 2.05) is 0 Å². The number of hydrogen-bond acceptors (Lipinski definition) is 6. The summed E-state index contributed by atoms with van der Waals surface area (Å²) in [5.41, 5.74) is 0. The van der Waals surface area contributed by atoms with Crippen LogP contribution in [0.4, 0.5) is 0 Å². The molecule has 2 heterocycles. The molecule has 6 heteroatoms. The van der Waals surface area contributed by atoms with Crippen LogP contribution in [-0.4, -0.2) is 18.3 Å². The van der Waals surface area contributed by atoms with E-state index in [9.17, 15) is 0 Å². The Balaban J connectivity index is 1.68. The van der Waals surface area contributed by atoms with Crippen molar-refractivity contribution in [2.75, 3.05) is 0 Å². The van der Waals surface area contributed by atoms with Gasteiger partial charge in [-0.1, -0.05) is 12.8 Å². The van der Waals surface area contributed by atoms with E-state index in [2.05, 4.69) is 16.2 Å². The normalized spacial score (nSPS) is 50.7. The Morgan fingerprint density at radius 1 is 0.778 bits per heavy atom. The third-order valence-electron chi connectivity index (χ3n) is 4.67. The van der Waals surface area contributed by atoms with Gasteiger partial charge in [0.25, 0.3) is 0 Å². The Morgan fingerprint density at radius 2 is 1.56 bits per heavy atom. The van der Waals surface area contributed by atoms with Crippen LogP contribution < -0.4 is 0 Å². The number of rotatable bonds is 0. The SMILES string of the molecule is C1=CC2C3CCCCC3C3OOOOC3C2OO1. The molecule has 2 aliphatic heterocycles. The van der Waals surface area contributed by atoms with Gasteiger partial charge in [-0.3, -0.25) is 0 Å². The standard InChI is InChI=1S/C12H16O6/c1-2-4-8-7(3-1)9-5-6-13-14-10(9)12-11(8)15-17-18-16-12/h5-12H,1-4H2. The summed E-state index contributed by atoms with van der Waals surface area (Å²) in [5.74, 6) is 1.27. The molecule has 0 aromatic rings. The number of hydrogen-bond donors (Lipinski definition) is 0. The van der Waals surface area contributed by atoms with Gasteiger partial charge in [0.1, 0.15) is 18.5 Å². The Kier molecular flexibility index (Phi) is 2.78. The minimum Gasteiger partial charge on any atom is -0.345 e. The minimum atomic E-state index is -0.298. The van der Waals surface area contributed by atoms with E-state index in [1.165, 1.54) is 19.3 Å². The maximum Gasteiger partial charge on any atom is 0.157 e. The summed E-state index contributed by atoms with van der Waals surface area (Å²) in [7, 11) is 0. The van der Waals surface area contributed by atoms with Gasteiger partial charge in [0.2, 0.25) is 0 Å². The fourth-order valence-electron chi connectivity index (χ4n) is 3.92. The third kappa shape index (κ3) is 1.60. The zero-order chi connectivity index (χ0) is 11.9. The average Bonchev–Trinajstić information content (AvgIpc) is 2.48. The fraction of sp³-hybridized carbons (Fsp3) is 0.833. The maximum atomic E-state index is 5.37. The molecular formula is C12H16O6. The molecule has 3 fully saturated rings. The van der Waals surface area contributed by atoms with Crippen LogP contribution in [0.15, 0.2) is 12.3 Å². The Morgan fingerprint density at radius 3 is 2.44 bits per heavy atom. The molecule has 1 saturated heterocycles. The predicted molar refractivity (Wildman–Crippen MR) is 56.0 cm³/mol. The Labute approximate surface area is 104 Å². The van der Waals surface area contributed by atoms with Crippen LogP contribution in [0, 0.1) is 17.8 Å². The van der Waals surface area contributed by atoms with Crippen molar-refractivity contribution in [3.05, 3.63) is 12.3 Å². The van der Waals surface area contributed by atoms with E-state index < -0.39 is 0 Å². The van der Waals surface area contributed by atoms with E-state index >= 15 is 0 Å². The van der Waals surface area contributed by atoms with E-state index in [1.54, 1.807) is 6.26 Å². The monoisotopic (exact) mass is 256 g/mol. The maximum absolute atomic E-state index is 5.37. The van der Waals surface area contributed by atoms with Crippen LogP contribution in [0.1, 0.15) is 25.7 Å². The van der Waals surface area contributed by atoms with Crippen molar-refractivity contribution < 1.29 is 29.6 Å². The lowest BCUT2D eigenvalue weighted by molar-refractivity contribution is -0.699. The average molecular weight is 256 g/mol. The summed E-state index contributed by atoms with van der Waals surface area (Å²) in [5, 5.41) is 9.02. The second kappa shape index (κ2) is 4.47. The van der Waals surface area contributed by atoms with Gasteiger partial charge in [-0.25, -0.2) is 0 Å². The molecule has 0 radical (unpaired) electrons. The molecule has 0 amide bonds. The topological polar surface area (TPSA) is 55.4 Å². The first-order valence-corrected chi connectivity index (χ1v) is 6.59. The van der Waals surface area contributed by atoms with Crippen molar-refractivity contribution >= 4 is 0 Å². The van der Waals surface area contributed by atoms with Crippen molar-refractivity contribution in [2.45, 2.75) is 44.0 Å². The van der Waals surface area contributed by atoms with Crippen LogP contribution >= 0.6 is 0 Å². The smallest absolute Gasteiger partial charge is 0.157 e. The summed E-state index contributed by atoms with van der Waals surface area (Å²) >= 11 is 0. The first-order valence-electron chi connectivity index (χ1n) is 6.59. The van der Waals surface area contributed by atoms with Gasteiger partial charge >= 0.3 is 0 Å².